The van der Waals surface area contributed by atoms with Crippen molar-refractivity contribution < 1.29 is 9.59 Å². The van der Waals surface area contributed by atoms with Crippen molar-refractivity contribution in [3.05, 3.63) is 59.9 Å². The SMILES string of the molecule is Nc1c2cnccc2nn1C(CC1CCCCC1)C(=O)Nc1nccs1.Nc1c2ncccc2nn1N(C(=O)CCC1CCCCC1)c1nccs1. The number of fused-ring (bicyclic) bond motifs is 2. The molecule has 0 saturated heterocycles. The lowest BCUT2D eigenvalue weighted by atomic mass is 9.84. The van der Waals surface area contributed by atoms with Crippen LogP contribution in [0.1, 0.15) is 89.5 Å². The fourth-order valence-electron chi connectivity index (χ4n) is 7.33. The highest BCUT2D eigenvalue weighted by Gasteiger charge is 2.30. The van der Waals surface area contributed by atoms with Gasteiger partial charge in [0.1, 0.15) is 22.9 Å². The summed E-state index contributed by atoms with van der Waals surface area (Å²) >= 11 is 2.80. The number of carbonyl (C=O) groups is 2. The number of hydrogen-bond donors (Lipinski definition) is 3. The molecule has 1 unspecified atom stereocenters. The summed E-state index contributed by atoms with van der Waals surface area (Å²) in [5.74, 6) is 1.84. The molecule has 0 bridgehead atoms. The summed E-state index contributed by atoms with van der Waals surface area (Å²) in [6.07, 6.45) is 22.9. The zero-order valence-electron chi connectivity index (χ0n) is 29.0. The van der Waals surface area contributed by atoms with E-state index in [0.717, 1.165) is 36.6 Å². The summed E-state index contributed by atoms with van der Waals surface area (Å²) in [4.78, 5) is 44.4. The van der Waals surface area contributed by atoms with Crippen molar-refractivity contribution in [1.82, 2.24) is 39.6 Å². The summed E-state index contributed by atoms with van der Waals surface area (Å²) < 4.78 is 1.67. The number of nitrogens with one attached hydrogen (secondary N) is 1. The molecular formula is C36H44N12O2S2. The Morgan fingerprint density at radius 3 is 2.29 bits per heavy atom. The van der Waals surface area contributed by atoms with Crippen LogP contribution in [0.25, 0.3) is 21.9 Å². The number of rotatable bonds is 10. The van der Waals surface area contributed by atoms with Crippen molar-refractivity contribution in [3.8, 4) is 0 Å². The van der Waals surface area contributed by atoms with Gasteiger partial charge in [-0.1, -0.05) is 64.2 Å². The van der Waals surface area contributed by atoms with Gasteiger partial charge in [-0.15, -0.1) is 32.6 Å². The maximum absolute atomic E-state index is 13.1. The maximum Gasteiger partial charge on any atom is 0.251 e. The Bertz CT molecular complexity index is 2060. The van der Waals surface area contributed by atoms with Crippen molar-refractivity contribution in [2.75, 3.05) is 21.8 Å². The van der Waals surface area contributed by atoms with Gasteiger partial charge in [0.2, 0.25) is 11.0 Å². The lowest BCUT2D eigenvalue weighted by Crippen LogP contribution is -2.37. The van der Waals surface area contributed by atoms with Crippen LogP contribution in [0.2, 0.25) is 0 Å². The van der Waals surface area contributed by atoms with Crippen LogP contribution in [0.15, 0.2) is 59.9 Å². The van der Waals surface area contributed by atoms with E-state index in [1.165, 1.54) is 83.8 Å². The molecule has 2 aliphatic carbocycles. The number of nitrogens with zero attached hydrogens (tertiary/aromatic N) is 9. The molecule has 2 saturated carbocycles. The van der Waals surface area contributed by atoms with Crippen LogP contribution in [0.3, 0.4) is 0 Å². The fourth-order valence-corrected chi connectivity index (χ4v) is 8.51. The van der Waals surface area contributed by atoms with Crippen molar-refractivity contribution in [2.45, 2.75) is 89.5 Å². The van der Waals surface area contributed by atoms with E-state index >= 15 is 0 Å². The van der Waals surface area contributed by atoms with Crippen molar-refractivity contribution >= 4 is 78.3 Å². The molecule has 5 N–H and O–H groups in total. The normalized spacial score (nSPS) is 16.0. The molecule has 6 aromatic rings. The first-order valence-electron chi connectivity index (χ1n) is 18.1. The Hall–Kier alpha value is -4.96. The van der Waals surface area contributed by atoms with E-state index in [1.807, 2.05) is 22.9 Å². The molecule has 52 heavy (non-hydrogen) atoms. The Kier molecular flexibility index (Phi) is 11.3. The molecule has 6 heterocycles. The molecular weight excluding hydrogens is 697 g/mol. The minimum absolute atomic E-state index is 0.0370. The number of nitrogen functional groups attached to an aromatic ring is 2. The van der Waals surface area contributed by atoms with Gasteiger partial charge in [-0.25, -0.2) is 14.6 Å². The van der Waals surface area contributed by atoms with E-state index in [4.69, 9.17) is 11.5 Å². The average Bonchev–Trinajstić information content (AvgIpc) is 4.01. The van der Waals surface area contributed by atoms with E-state index in [2.05, 4.69) is 35.5 Å². The van der Waals surface area contributed by atoms with E-state index in [-0.39, 0.29) is 11.8 Å². The largest absolute Gasteiger partial charge is 0.383 e. The second-order valence-electron chi connectivity index (χ2n) is 13.5. The lowest BCUT2D eigenvalue weighted by molar-refractivity contribution is -0.120. The molecule has 0 aromatic carbocycles. The van der Waals surface area contributed by atoms with Gasteiger partial charge in [-0.05, 0) is 42.9 Å². The number of thiazole rings is 2. The van der Waals surface area contributed by atoms with Crippen LogP contribution in [0, 0.1) is 11.8 Å². The predicted octanol–water partition coefficient (Wildman–Crippen LogP) is 7.25. The lowest BCUT2D eigenvalue weighted by Gasteiger charge is -2.26. The molecule has 6 aromatic heterocycles. The molecule has 16 heteroatoms. The number of anilines is 4. The first-order chi connectivity index (χ1) is 25.5. The minimum atomic E-state index is -0.450. The van der Waals surface area contributed by atoms with Crippen LogP contribution in [-0.2, 0) is 9.59 Å². The molecule has 2 amide bonds. The molecule has 8 rings (SSSR count). The fraction of sp³-hybridized carbons (Fsp3) is 0.444. The summed E-state index contributed by atoms with van der Waals surface area (Å²) in [5, 5.41) is 19.1. The third-order valence-electron chi connectivity index (χ3n) is 10.0. The van der Waals surface area contributed by atoms with E-state index in [0.29, 0.717) is 51.2 Å². The highest BCUT2D eigenvalue weighted by atomic mass is 32.1. The van der Waals surface area contributed by atoms with Gasteiger partial charge in [0, 0.05) is 48.2 Å². The van der Waals surface area contributed by atoms with E-state index in [9.17, 15) is 9.59 Å². The van der Waals surface area contributed by atoms with Crippen LogP contribution >= 0.6 is 22.7 Å². The number of hydrogen-bond acceptors (Lipinski definition) is 12. The molecule has 1 atom stereocenters. The second-order valence-corrected chi connectivity index (χ2v) is 15.3. The zero-order chi connectivity index (χ0) is 35.9. The van der Waals surface area contributed by atoms with Crippen LogP contribution in [0.4, 0.5) is 21.9 Å². The van der Waals surface area contributed by atoms with Crippen molar-refractivity contribution in [1.29, 1.82) is 0 Å². The maximum atomic E-state index is 13.1. The second kappa shape index (κ2) is 16.6. The Morgan fingerprint density at radius 1 is 0.846 bits per heavy atom. The van der Waals surface area contributed by atoms with Gasteiger partial charge < -0.3 is 16.8 Å². The number of nitrogens with two attached hydrogens (primary N) is 2. The van der Waals surface area contributed by atoms with Crippen LogP contribution in [-0.4, -0.2) is 51.4 Å². The Morgan fingerprint density at radius 2 is 1.60 bits per heavy atom. The minimum Gasteiger partial charge on any atom is -0.383 e. The number of aromatic nitrogens is 8. The Balaban J connectivity index is 0.000000162. The molecule has 0 radical (unpaired) electrons. The van der Waals surface area contributed by atoms with Gasteiger partial charge in [0.25, 0.3) is 5.91 Å². The first-order valence-corrected chi connectivity index (χ1v) is 19.8. The molecule has 14 nitrogen and oxygen atoms in total. The van der Waals surface area contributed by atoms with Gasteiger partial charge >= 0.3 is 0 Å². The van der Waals surface area contributed by atoms with E-state index < -0.39 is 6.04 Å². The van der Waals surface area contributed by atoms with E-state index in [1.54, 1.807) is 41.7 Å². The average molecular weight is 741 g/mol. The van der Waals surface area contributed by atoms with Gasteiger partial charge in [0.05, 0.1) is 10.9 Å². The van der Waals surface area contributed by atoms with Crippen LogP contribution in [0.5, 0.6) is 0 Å². The topological polar surface area (TPSA) is 189 Å². The third kappa shape index (κ3) is 8.07. The Labute approximate surface area is 309 Å². The predicted molar refractivity (Wildman–Crippen MR) is 206 cm³/mol. The molecule has 2 aliphatic rings. The monoisotopic (exact) mass is 740 g/mol. The number of carbonyl (C=O) groups excluding carboxylic acids is 2. The zero-order valence-corrected chi connectivity index (χ0v) is 30.6. The highest BCUT2D eigenvalue weighted by molar-refractivity contribution is 7.14. The molecule has 272 valence electrons. The smallest absolute Gasteiger partial charge is 0.251 e. The van der Waals surface area contributed by atoms with Gasteiger partial charge in [-0.2, -0.15) is 10.1 Å². The third-order valence-corrected chi connectivity index (χ3v) is 11.5. The van der Waals surface area contributed by atoms with Crippen LogP contribution < -0.4 is 21.8 Å². The van der Waals surface area contributed by atoms with Gasteiger partial charge in [0.15, 0.2) is 10.9 Å². The number of pyridine rings is 2. The highest BCUT2D eigenvalue weighted by Crippen LogP contribution is 2.34. The quantitative estimate of drug-likeness (QED) is 0.129. The molecule has 0 spiro atoms. The standard InChI is InChI=1S/2C18H22N6OS/c19-17-16-14(7-4-10-20-16)22-24(17)23(18-21-11-12-26-18)15(25)9-8-13-5-2-1-3-6-13;19-16-13-11-20-7-6-14(13)23-24(16)15(10-12-4-2-1-3-5-12)17(25)22-18-21-8-9-26-18/h4,7,10-13H,1-3,5-6,8-9,19H2;6-9,11-12,15H,1-5,10,19H2,(H,21,22,25). The molecule has 0 aliphatic heterocycles. The van der Waals surface area contributed by atoms with Crippen molar-refractivity contribution in [3.63, 3.8) is 0 Å². The molecule has 2 fully saturated rings. The summed E-state index contributed by atoms with van der Waals surface area (Å²) in [7, 11) is 0. The van der Waals surface area contributed by atoms with Crippen molar-refractivity contribution in [2.24, 2.45) is 11.8 Å². The van der Waals surface area contributed by atoms with Gasteiger partial charge in [-0.3, -0.25) is 19.6 Å². The summed E-state index contributed by atoms with van der Waals surface area (Å²) in [6.45, 7) is 0. The summed E-state index contributed by atoms with van der Waals surface area (Å²) in [6, 6.07) is 5.01. The first kappa shape index (κ1) is 35.4. The summed E-state index contributed by atoms with van der Waals surface area (Å²) in [5.41, 5.74) is 14.6. The number of amides is 2.